The number of hydrogen-bond donors (Lipinski definition) is 0. The van der Waals surface area contributed by atoms with Gasteiger partial charge in [0.25, 0.3) is 11.5 Å². The van der Waals surface area contributed by atoms with E-state index >= 15 is 0 Å². The highest BCUT2D eigenvalue weighted by molar-refractivity contribution is 5.95. The van der Waals surface area contributed by atoms with Crippen molar-refractivity contribution in [3.8, 4) is 0 Å². The Morgan fingerprint density at radius 1 is 1.28 bits per heavy atom. The molecule has 8 heteroatoms. The van der Waals surface area contributed by atoms with Gasteiger partial charge in [0, 0.05) is 37.3 Å². The number of carbonyl (C=O) groups excluding carboxylic acids is 1. The number of hydrogen-bond acceptors (Lipinski definition) is 6. The van der Waals surface area contributed by atoms with Gasteiger partial charge in [0.05, 0.1) is 42.4 Å². The fraction of sp³-hybridized carbons (Fsp3) is 0.583. The van der Waals surface area contributed by atoms with Crippen molar-refractivity contribution in [1.82, 2.24) is 24.3 Å². The smallest absolute Gasteiger partial charge is 0.264 e. The monoisotopic (exact) mass is 437 g/mol. The predicted molar refractivity (Wildman–Crippen MR) is 120 cm³/mol. The summed E-state index contributed by atoms with van der Waals surface area (Å²) in [5.74, 6) is 0.586. The molecule has 8 nitrogen and oxygen atoms in total. The van der Waals surface area contributed by atoms with Crippen LogP contribution in [0.3, 0.4) is 0 Å². The van der Waals surface area contributed by atoms with Gasteiger partial charge in [-0.25, -0.2) is 0 Å². The zero-order chi connectivity index (χ0) is 22.6. The minimum absolute atomic E-state index is 0.184. The highest BCUT2D eigenvalue weighted by Gasteiger charge is 2.63. The number of fused-ring (bicyclic) bond motifs is 1. The first-order valence-electron chi connectivity index (χ1n) is 11.4. The van der Waals surface area contributed by atoms with Gasteiger partial charge in [-0.05, 0) is 52.4 Å². The molecule has 1 spiro atoms. The lowest BCUT2D eigenvalue weighted by atomic mass is 9.73. The molecule has 1 amide bonds. The Hall–Kier alpha value is -2.58. The van der Waals surface area contributed by atoms with Crippen molar-refractivity contribution in [2.24, 2.45) is 11.8 Å². The topological polar surface area (TPSA) is 80.6 Å². The van der Waals surface area contributed by atoms with Crippen molar-refractivity contribution in [2.45, 2.75) is 44.9 Å². The second-order valence-corrected chi connectivity index (χ2v) is 9.93. The quantitative estimate of drug-likeness (QED) is 0.705. The van der Waals surface area contributed by atoms with Gasteiger partial charge >= 0.3 is 0 Å². The third-order valence-electron chi connectivity index (χ3n) is 7.40. The summed E-state index contributed by atoms with van der Waals surface area (Å²) in [6, 6.07) is 1.84. The SMILES string of the molecule is Cc1cnc(Cn2ccc(C)c(C(=O)N3C[C@H]4[C@@H](CN(C)C)[C@@H]5CC[C@@]4(C3)O5)c2=O)cn1. The summed E-state index contributed by atoms with van der Waals surface area (Å²) in [6.07, 6.45) is 7.44. The number of aromatic nitrogens is 3. The Bertz CT molecular complexity index is 1100. The molecule has 4 atom stereocenters. The summed E-state index contributed by atoms with van der Waals surface area (Å²) < 4.78 is 8.01. The second kappa shape index (κ2) is 7.78. The molecule has 2 aromatic rings. The first-order valence-corrected chi connectivity index (χ1v) is 11.4. The maximum Gasteiger partial charge on any atom is 0.264 e. The normalized spacial score (nSPS) is 28.5. The summed E-state index contributed by atoms with van der Waals surface area (Å²) in [4.78, 5) is 39.6. The lowest BCUT2D eigenvalue weighted by Gasteiger charge is -2.30. The average Bonchev–Trinajstić information content (AvgIpc) is 3.41. The minimum atomic E-state index is -0.276. The van der Waals surface area contributed by atoms with Gasteiger partial charge in [-0.1, -0.05) is 0 Å². The van der Waals surface area contributed by atoms with Crippen molar-refractivity contribution in [3.63, 3.8) is 0 Å². The minimum Gasteiger partial charge on any atom is -0.369 e. The van der Waals surface area contributed by atoms with Gasteiger partial charge < -0.3 is 19.1 Å². The van der Waals surface area contributed by atoms with E-state index in [9.17, 15) is 9.59 Å². The van der Waals surface area contributed by atoms with Crippen LogP contribution in [0.2, 0.25) is 0 Å². The van der Waals surface area contributed by atoms with E-state index in [0.717, 1.165) is 25.1 Å². The van der Waals surface area contributed by atoms with E-state index in [2.05, 4.69) is 29.0 Å². The van der Waals surface area contributed by atoms with Crippen molar-refractivity contribution in [2.75, 3.05) is 33.7 Å². The third kappa shape index (κ3) is 3.46. The van der Waals surface area contributed by atoms with E-state index in [-0.39, 0.29) is 29.2 Å². The number of amides is 1. The van der Waals surface area contributed by atoms with Crippen LogP contribution in [-0.2, 0) is 11.3 Å². The van der Waals surface area contributed by atoms with E-state index in [1.54, 1.807) is 23.2 Å². The van der Waals surface area contributed by atoms with Crippen LogP contribution in [0.1, 0.15) is 40.2 Å². The molecule has 0 radical (unpaired) electrons. The van der Waals surface area contributed by atoms with Crippen LogP contribution in [0.15, 0.2) is 29.5 Å². The molecule has 32 heavy (non-hydrogen) atoms. The van der Waals surface area contributed by atoms with Crippen LogP contribution >= 0.6 is 0 Å². The standard InChI is InChI=1S/C24H31N5O3/c1-15-6-8-28(11-17-10-25-16(2)9-26-17)22(30)21(15)23(31)29-13-19-18(12-27(3)4)20-5-7-24(19,14-29)32-20/h6,8-10,18-20H,5,7,11-14H2,1-4H3/t18-,19+,20+,24+/m1/s1. The summed E-state index contributed by atoms with van der Waals surface area (Å²) >= 11 is 0. The fourth-order valence-electron chi connectivity index (χ4n) is 5.89. The predicted octanol–water partition coefficient (Wildman–Crippen LogP) is 1.48. The fourth-order valence-corrected chi connectivity index (χ4v) is 5.89. The molecule has 0 N–H and O–H groups in total. The van der Waals surface area contributed by atoms with Crippen molar-refractivity contribution < 1.29 is 9.53 Å². The molecule has 5 rings (SSSR count). The van der Waals surface area contributed by atoms with Crippen LogP contribution < -0.4 is 5.56 Å². The molecule has 2 aromatic heterocycles. The Balaban J connectivity index is 1.40. The summed E-state index contributed by atoms with van der Waals surface area (Å²) in [5, 5.41) is 0. The Kier molecular flexibility index (Phi) is 5.17. The summed E-state index contributed by atoms with van der Waals surface area (Å²) in [6.45, 7) is 6.19. The molecule has 0 aromatic carbocycles. The van der Waals surface area contributed by atoms with E-state index in [0.29, 0.717) is 42.3 Å². The number of rotatable bonds is 5. The molecule has 0 unspecified atom stereocenters. The van der Waals surface area contributed by atoms with Crippen molar-refractivity contribution in [3.05, 3.63) is 57.5 Å². The van der Waals surface area contributed by atoms with Crippen LogP contribution in [-0.4, -0.2) is 75.7 Å². The molecule has 3 aliphatic heterocycles. The first-order chi connectivity index (χ1) is 15.3. The number of aryl methyl sites for hydroxylation is 2. The Morgan fingerprint density at radius 2 is 2.09 bits per heavy atom. The maximum atomic E-state index is 13.6. The summed E-state index contributed by atoms with van der Waals surface area (Å²) in [5.41, 5.74) is 1.95. The number of likely N-dealkylation sites (tertiary alicyclic amines) is 1. The zero-order valence-electron chi connectivity index (χ0n) is 19.2. The van der Waals surface area contributed by atoms with E-state index in [4.69, 9.17) is 4.74 Å². The molecule has 3 saturated heterocycles. The van der Waals surface area contributed by atoms with Gasteiger partial charge in [0.15, 0.2) is 0 Å². The van der Waals surface area contributed by atoms with E-state index in [1.807, 2.05) is 24.8 Å². The number of ether oxygens (including phenoxy) is 1. The first kappa shape index (κ1) is 21.3. The maximum absolute atomic E-state index is 13.6. The highest BCUT2D eigenvalue weighted by Crippen LogP contribution is 2.55. The Labute approximate surface area is 188 Å². The highest BCUT2D eigenvalue weighted by atomic mass is 16.5. The van der Waals surface area contributed by atoms with Crippen molar-refractivity contribution >= 4 is 5.91 Å². The largest absolute Gasteiger partial charge is 0.369 e. The van der Waals surface area contributed by atoms with E-state index < -0.39 is 0 Å². The number of nitrogens with zero attached hydrogens (tertiary/aromatic N) is 5. The molecule has 0 saturated carbocycles. The van der Waals surface area contributed by atoms with Crippen LogP contribution in [0.5, 0.6) is 0 Å². The summed E-state index contributed by atoms with van der Waals surface area (Å²) in [7, 11) is 4.18. The van der Waals surface area contributed by atoms with Crippen LogP contribution in [0, 0.1) is 25.7 Å². The third-order valence-corrected chi connectivity index (χ3v) is 7.40. The second-order valence-electron chi connectivity index (χ2n) is 9.93. The molecule has 0 aliphatic carbocycles. The van der Waals surface area contributed by atoms with Crippen LogP contribution in [0.4, 0.5) is 0 Å². The number of carbonyl (C=O) groups is 1. The molecule has 3 aliphatic rings. The van der Waals surface area contributed by atoms with Gasteiger partial charge in [0.1, 0.15) is 5.56 Å². The molecule has 5 heterocycles. The number of pyridine rings is 1. The lowest BCUT2D eigenvalue weighted by Crippen LogP contribution is -2.40. The van der Waals surface area contributed by atoms with Gasteiger partial charge in [-0.15, -0.1) is 0 Å². The lowest BCUT2D eigenvalue weighted by molar-refractivity contribution is 0.00252. The van der Waals surface area contributed by atoms with Crippen molar-refractivity contribution in [1.29, 1.82) is 0 Å². The molecular formula is C24H31N5O3. The van der Waals surface area contributed by atoms with Crippen LogP contribution in [0.25, 0.3) is 0 Å². The average molecular weight is 438 g/mol. The molecule has 3 fully saturated rings. The Morgan fingerprint density at radius 3 is 2.81 bits per heavy atom. The van der Waals surface area contributed by atoms with Gasteiger partial charge in [0.2, 0.25) is 0 Å². The molecule has 170 valence electrons. The van der Waals surface area contributed by atoms with Gasteiger partial charge in [-0.3, -0.25) is 19.6 Å². The zero-order valence-corrected chi connectivity index (χ0v) is 19.2. The molecular weight excluding hydrogens is 406 g/mol. The van der Waals surface area contributed by atoms with E-state index in [1.165, 1.54) is 0 Å². The molecule has 2 bridgehead atoms. The van der Waals surface area contributed by atoms with Gasteiger partial charge in [-0.2, -0.15) is 0 Å².